The predicted octanol–water partition coefficient (Wildman–Crippen LogP) is 2.56. The molecule has 130 valence electrons. The topological polar surface area (TPSA) is 94.8 Å². The zero-order chi connectivity index (χ0) is 17.6. The van der Waals surface area contributed by atoms with Gasteiger partial charge in [-0.2, -0.15) is 0 Å². The molecule has 1 aromatic carbocycles. The van der Waals surface area contributed by atoms with Gasteiger partial charge in [0, 0.05) is 17.5 Å². The number of nitrogens with zero attached hydrogens (tertiary/aromatic N) is 5. The van der Waals surface area contributed by atoms with Crippen molar-refractivity contribution in [1.29, 1.82) is 0 Å². The van der Waals surface area contributed by atoms with Gasteiger partial charge in [0.25, 0.3) is 0 Å². The average molecular weight is 376 g/mol. The fourth-order valence-electron chi connectivity index (χ4n) is 2.01. The molecule has 1 amide bonds. The molecule has 0 aliphatic rings. The van der Waals surface area contributed by atoms with Gasteiger partial charge >= 0.3 is 0 Å². The quantitative estimate of drug-likeness (QED) is 0.633. The lowest BCUT2D eigenvalue weighted by Crippen LogP contribution is -2.14. The number of amides is 1. The fourth-order valence-corrected chi connectivity index (χ4v) is 3.49. The second-order valence-electron chi connectivity index (χ2n) is 4.88. The summed E-state index contributed by atoms with van der Waals surface area (Å²) < 4.78 is 6.79. The molecule has 2 heterocycles. The van der Waals surface area contributed by atoms with Crippen molar-refractivity contribution >= 4 is 34.1 Å². The number of anilines is 1. The van der Waals surface area contributed by atoms with Gasteiger partial charge in [-0.15, -0.1) is 16.4 Å². The van der Waals surface area contributed by atoms with E-state index >= 15 is 0 Å². The molecule has 10 heteroatoms. The maximum atomic E-state index is 12.1. The Morgan fingerprint density at radius 2 is 2.16 bits per heavy atom. The number of benzene rings is 1. The predicted molar refractivity (Wildman–Crippen MR) is 96.9 cm³/mol. The minimum Gasteiger partial charge on any atom is -0.497 e. The number of methoxy groups -OCH3 is 1. The van der Waals surface area contributed by atoms with Gasteiger partial charge in [-0.3, -0.25) is 4.79 Å². The molecule has 2 aromatic heterocycles. The van der Waals surface area contributed by atoms with Crippen LogP contribution in [0.2, 0.25) is 0 Å². The normalized spacial score (nSPS) is 10.6. The molecule has 0 radical (unpaired) electrons. The zero-order valence-electron chi connectivity index (χ0n) is 13.7. The van der Waals surface area contributed by atoms with E-state index in [0.29, 0.717) is 16.8 Å². The lowest BCUT2D eigenvalue weighted by Gasteiger charge is -2.02. The van der Waals surface area contributed by atoms with Gasteiger partial charge in [-0.05, 0) is 41.6 Å². The van der Waals surface area contributed by atoms with E-state index < -0.39 is 0 Å². The van der Waals surface area contributed by atoms with Crippen LogP contribution in [0.3, 0.4) is 0 Å². The smallest absolute Gasteiger partial charge is 0.236 e. The molecular formula is C15H16N6O2S2. The molecule has 0 saturated carbocycles. The van der Waals surface area contributed by atoms with Crippen molar-refractivity contribution in [3.63, 3.8) is 0 Å². The number of hydrogen-bond acceptors (Lipinski definition) is 8. The summed E-state index contributed by atoms with van der Waals surface area (Å²) in [6, 6.07) is 7.61. The van der Waals surface area contributed by atoms with Gasteiger partial charge < -0.3 is 10.1 Å². The first-order valence-corrected chi connectivity index (χ1v) is 9.35. The van der Waals surface area contributed by atoms with Crippen molar-refractivity contribution in [2.75, 3.05) is 18.2 Å². The summed E-state index contributed by atoms with van der Waals surface area (Å²) in [5, 5.41) is 17.2. The van der Waals surface area contributed by atoms with Gasteiger partial charge in [0.2, 0.25) is 11.1 Å². The molecule has 0 aliphatic heterocycles. The van der Waals surface area contributed by atoms with Crippen LogP contribution in [0.15, 0.2) is 34.8 Å². The van der Waals surface area contributed by atoms with Crippen LogP contribution in [0.5, 0.6) is 5.75 Å². The van der Waals surface area contributed by atoms with Crippen molar-refractivity contribution in [2.24, 2.45) is 0 Å². The number of carbonyl (C=O) groups is 1. The Kier molecular flexibility index (Phi) is 5.61. The minimum atomic E-state index is -0.147. The van der Waals surface area contributed by atoms with Crippen LogP contribution >= 0.6 is 23.1 Å². The molecule has 0 bridgehead atoms. The Bertz CT molecular complexity index is 846. The number of hydrogen-bond donors (Lipinski definition) is 1. The lowest BCUT2D eigenvalue weighted by molar-refractivity contribution is -0.113. The maximum Gasteiger partial charge on any atom is 0.236 e. The molecule has 0 fully saturated rings. The second kappa shape index (κ2) is 8.08. The maximum absolute atomic E-state index is 12.1. The third-order valence-corrected chi connectivity index (χ3v) is 4.98. The highest BCUT2D eigenvalue weighted by Crippen LogP contribution is 2.26. The third kappa shape index (κ3) is 4.34. The molecule has 8 nitrogen and oxygen atoms in total. The largest absolute Gasteiger partial charge is 0.497 e. The van der Waals surface area contributed by atoms with E-state index in [0.717, 1.165) is 17.0 Å². The number of thioether (sulfide) groups is 1. The van der Waals surface area contributed by atoms with Gasteiger partial charge in [0.1, 0.15) is 5.75 Å². The van der Waals surface area contributed by atoms with E-state index in [-0.39, 0.29) is 11.7 Å². The first-order valence-electron chi connectivity index (χ1n) is 7.48. The van der Waals surface area contributed by atoms with Crippen molar-refractivity contribution in [2.45, 2.75) is 18.6 Å². The van der Waals surface area contributed by atoms with Gasteiger partial charge in [0.05, 0.1) is 18.6 Å². The molecule has 0 spiro atoms. The number of ether oxygens (including phenoxy) is 1. The highest BCUT2D eigenvalue weighted by atomic mass is 32.2. The second-order valence-corrected chi connectivity index (χ2v) is 6.68. The summed E-state index contributed by atoms with van der Waals surface area (Å²) in [5.74, 6) is 0.864. The Morgan fingerprint density at radius 3 is 2.88 bits per heavy atom. The van der Waals surface area contributed by atoms with Crippen LogP contribution in [0.4, 0.5) is 5.13 Å². The van der Waals surface area contributed by atoms with Crippen molar-refractivity contribution < 1.29 is 9.53 Å². The summed E-state index contributed by atoms with van der Waals surface area (Å²) in [6.07, 6.45) is 0. The Hall–Kier alpha value is -2.46. The summed E-state index contributed by atoms with van der Waals surface area (Å²) in [7, 11) is 1.63. The lowest BCUT2D eigenvalue weighted by atomic mass is 10.2. The van der Waals surface area contributed by atoms with E-state index in [1.807, 2.05) is 36.6 Å². The van der Waals surface area contributed by atoms with E-state index in [2.05, 4.69) is 25.8 Å². The van der Waals surface area contributed by atoms with Crippen LogP contribution < -0.4 is 10.1 Å². The van der Waals surface area contributed by atoms with E-state index in [4.69, 9.17) is 4.74 Å². The van der Waals surface area contributed by atoms with Crippen LogP contribution in [0.1, 0.15) is 6.92 Å². The van der Waals surface area contributed by atoms with Gasteiger partial charge in [-0.25, -0.2) is 9.67 Å². The molecule has 1 N–H and O–H groups in total. The van der Waals surface area contributed by atoms with Crippen molar-refractivity contribution in [1.82, 2.24) is 25.2 Å². The van der Waals surface area contributed by atoms with E-state index in [1.165, 1.54) is 23.1 Å². The zero-order valence-corrected chi connectivity index (χ0v) is 15.3. The Labute approximate surface area is 152 Å². The molecule has 3 rings (SSSR count). The number of thiazole rings is 1. The summed E-state index contributed by atoms with van der Waals surface area (Å²) in [4.78, 5) is 16.5. The standard InChI is InChI=1S/C15H16N6O2S2/c1-3-21-15(18-19-20-21)25-9-13(22)17-14-16-12(8-24-14)10-4-6-11(23-2)7-5-10/h4-8H,3,9H2,1-2H3,(H,16,17,22). The van der Waals surface area contributed by atoms with E-state index in [1.54, 1.807) is 11.8 Å². The summed E-state index contributed by atoms with van der Waals surface area (Å²) in [5.41, 5.74) is 1.78. The van der Waals surface area contributed by atoms with Crippen LogP contribution in [-0.2, 0) is 11.3 Å². The monoisotopic (exact) mass is 376 g/mol. The average Bonchev–Trinajstić information content (AvgIpc) is 3.29. The fraction of sp³-hybridized carbons (Fsp3) is 0.267. The summed E-state index contributed by atoms with van der Waals surface area (Å²) in [6.45, 7) is 2.60. The van der Waals surface area contributed by atoms with Crippen molar-refractivity contribution in [3.8, 4) is 17.0 Å². The highest BCUT2D eigenvalue weighted by molar-refractivity contribution is 7.99. The minimum absolute atomic E-state index is 0.147. The van der Waals surface area contributed by atoms with Crippen molar-refractivity contribution in [3.05, 3.63) is 29.6 Å². The number of aryl methyl sites for hydroxylation is 1. The van der Waals surface area contributed by atoms with Crippen LogP contribution in [-0.4, -0.2) is 44.0 Å². The van der Waals surface area contributed by atoms with Gasteiger partial charge in [0.15, 0.2) is 5.13 Å². The first-order chi connectivity index (χ1) is 12.2. The van der Waals surface area contributed by atoms with Gasteiger partial charge in [-0.1, -0.05) is 11.8 Å². The number of tetrazole rings is 1. The Morgan fingerprint density at radius 1 is 1.36 bits per heavy atom. The first kappa shape index (κ1) is 17.4. The third-order valence-electron chi connectivity index (χ3n) is 3.27. The molecule has 0 aliphatic carbocycles. The molecule has 0 unspecified atom stereocenters. The highest BCUT2D eigenvalue weighted by Gasteiger charge is 2.11. The van der Waals surface area contributed by atoms with Crippen LogP contribution in [0.25, 0.3) is 11.3 Å². The molecule has 0 saturated heterocycles. The molecule has 0 atom stereocenters. The number of aromatic nitrogens is 5. The number of carbonyl (C=O) groups excluding carboxylic acids is 1. The molecule has 3 aromatic rings. The summed E-state index contributed by atoms with van der Waals surface area (Å²) >= 11 is 2.68. The molecule has 25 heavy (non-hydrogen) atoms. The number of rotatable bonds is 7. The van der Waals surface area contributed by atoms with E-state index in [9.17, 15) is 4.79 Å². The van der Waals surface area contributed by atoms with Crippen LogP contribution in [0, 0.1) is 0 Å². The molecular weight excluding hydrogens is 360 g/mol. The number of nitrogens with one attached hydrogen (secondary N) is 1. The SMILES string of the molecule is CCn1nnnc1SCC(=O)Nc1nc(-c2ccc(OC)cc2)cs1. The Balaban J connectivity index is 1.58.